The Labute approximate surface area is 106 Å². The third-order valence-corrected chi connectivity index (χ3v) is 4.20. The summed E-state index contributed by atoms with van der Waals surface area (Å²) in [6.07, 6.45) is 0. The molecule has 0 aliphatic heterocycles. The van der Waals surface area contributed by atoms with Gasteiger partial charge in [-0.05, 0) is 59.2 Å². The van der Waals surface area contributed by atoms with Gasteiger partial charge in [-0.1, -0.05) is 15.9 Å². The Balaban J connectivity index is 3.25. The molecule has 0 amide bonds. The molecule has 5 heteroatoms. The highest BCUT2D eigenvalue weighted by molar-refractivity contribution is 9.11. The lowest BCUT2D eigenvalue weighted by Gasteiger charge is -2.12. The van der Waals surface area contributed by atoms with Crippen LogP contribution in [-0.2, 0) is 0 Å². The topological polar surface area (TPSA) is 38.0 Å². The van der Waals surface area contributed by atoms with E-state index in [4.69, 9.17) is 18.0 Å². The van der Waals surface area contributed by atoms with E-state index in [0.29, 0.717) is 0 Å². The standard InChI is InChI=1S/C9H10Br2N2S/c1-4-3-6(13-9(12)14)8(11)5(2)7(4)10/h3H,1-2H3,(H3,12,13,14). The lowest BCUT2D eigenvalue weighted by molar-refractivity contribution is 1.32. The molecule has 0 aromatic heterocycles. The maximum atomic E-state index is 5.42. The molecule has 0 saturated carbocycles. The van der Waals surface area contributed by atoms with Crippen molar-refractivity contribution in [2.24, 2.45) is 5.73 Å². The van der Waals surface area contributed by atoms with Gasteiger partial charge in [0.05, 0.1) is 5.69 Å². The molecule has 76 valence electrons. The summed E-state index contributed by atoms with van der Waals surface area (Å²) in [6, 6.07) is 1.99. The molecule has 1 rings (SSSR count). The molecule has 0 radical (unpaired) electrons. The zero-order valence-corrected chi connectivity index (χ0v) is 11.8. The van der Waals surface area contributed by atoms with Gasteiger partial charge in [0.15, 0.2) is 5.11 Å². The first kappa shape index (κ1) is 11.9. The van der Waals surface area contributed by atoms with Crippen molar-refractivity contribution in [3.8, 4) is 0 Å². The van der Waals surface area contributed by atoms with Crippen molar-refractivity contribution in [3.63, 3.8) is 0 Å². The van der Waals surface area contributed by atoms with Crippen molar-refractivity contribution < 1.29 is 0 Å². The highest BCUT2D eigenvalue weighted by Crippen LogP contribution is 2.34. The number of aryl methyl sites for hydroxylation is 1. The van der Waals surface area contributed by atoms with E-state index in [1.54, 1.807) is 0 Å². The van der Waals surface area contributed by atoms with Crippen LogP contribution in [0, 0.1) is 13.8 Å². The number of benzene rings is 1. The Bertz CT molecular complexity index is 391. The second-order valence-electron chi connectivity index (χ2n) is 2.98. The predicted molar refractivity (Wildman–Crippen MR) is 71.7 cm³/mol. The maximum absolute atomic E-state index is 5.42. The molecule has 0 spiro atoms. The quantitative estimate of drug-likeness (QED) is 0.770. The fourth-order valence-electron chi connectivity index (χ4n) is 1.16. The van der Waals surface area contributed by atoms with E-state index < -0.39 is 0 Å². The summed E-state index contributed by atoms with van der Waals surface area (Å²) in [4.78, 5) is 0. The number of thiocarbonyl (C=S) groups is 1. The number of rotatable bonds is 1. The van der Waals surface area contributed by atoms with E-state index in [2.05, 4.69) is 37.2 Å². The van der Waals surface area contributed by atoms with E-state index >= 15 is 0 Å². The molecule has 14 heavy (non-hydrogen) atoms. The minimum absolute atomic E-state index is 0.270. The van der Waals surface area contributed by atoms with Gasteiger partial charge in [-0.3, -0.25) is 0 Å². The summed E-state index contributed by atoms with van der Waals surface area (Å²) in [5.74, 6) is 0. The monoisotopic (exact) mass is 336 g/mol. The molecule has 3 N–H and O–H groups in total. The number of anilines is 1. The lowest BCUT2D eigenvalue weighted by Crippen LogP contribution is -2.19. The van der Waals surface area contributed by atoms with Crippen LogP contribution in [0.15, 0.2) is 15.0 Å². The number of nitrogens with one attached hydrogen (secondary N) is 1. The zero-order chi connectivity index (χ0) is 10.9. The molecule has 0 fully saturated rings. The van der Waals surface area contributed by atoms with Crippen LogP contribution in [0.4, 0.5) is 5.69 Å². The fourth-order valence-corrected chi connectivity index (χ4v) is 2.26. The molecular formula is C9H10Br2N2S. The largest absolute Gasteiger partial charge is 0.376 e. The van der Waals surface area contributed by atoms with Crippen molar-refractivity contribution >= 4 is 54.9 Å². The van der Waals surface area contributed by atoms with E-state index in [-0.39, 0.29) is 5.11 Å². The number of hydrogen-bond acceptors (Lipinski definition) is 1. The molecule has 1 aromatic carbocycles. The van der Waals surface area contributed by atoms with Gasteiger partial charge in [0.2, 0.25) is 0 Å². The van der Waals surface area contributed by atoms with Crippen LogP contribution >= 0.6 is 44.1 Å². The lowest BCUT2D eigenvalue weighted by atomic mass is 10.1. The Morgan fingerprint density at radius 2 is 1.93 bits per heavy atom. The number of nitrogens with two attached hydrogens (primary N) is 1. The van der Waals surface area contributed by atoms with Gasteiger partial charge in [-0.2, -0.15) is 0 Å². The van der Waals surface area contributed by atoms with E-state index in [9.17, 15) is 0 Å². The Hall–Kier alpha value is -0.130. The average Bonchev–Trinajstić information content (AvgIpc) is 2.10. The molecular weight excluding hydrogens is 328 g/mol. The molecule has 0 bridgehead atoms. The highest BCUT2D eigenvalue weighted by atomic mass is 79.9. The molecule has 1 aromatic rings. The number of hydrogen-bond donors (Lipinski definition) is 2. The summed E-state index contributed by atoms with van der Waals surface area (Å²) < 4.78 is 2.07. The normalized spacial score (nSPS) is 10.0. The van der Waals surface area contributed by atoms with E-state index in [1.165, 1.54) is 0 Å². The van der Waals surface area contributed by atoms with Crippen LogP contribution in [-0.4, -0.2) is 5.11 Å². The smallest absolute Gasteiger partial charge is 0.168 e. The van der Waals surface area contributed by atoms with Crippen molar-refractivity contribution in [1.29, 1.82) is 0 Å². The molecule has 0 saturated heterocycles. The summed E-state index contributed by atoms with van der Waals surface area (Å²) in [5, 5.41) is 3.19. The highest BCUT2D eigenvalue weighted by Gasteiger charge is 2.09. The van der Waals surface area contributed by atoms with Crippen molar-refractivity contribution in [1.82, 2.24) is 0 Å². The van der Waals surface area contributed by atoms with Crippen LogP contribution in [0.3, 0.4) is 0 Å². The number of halogens is 2. The Kier molecular flexibility index (Phi) is 3.92. The molecule has 0 atom stereocenters. The third kappa shape index (κ3) is 2.46. The summed E-state index contributed by atoms with van der Waals surface area (Å²) in [7, 11) is 0. The Morgan fingerprint density at radius 3 is 2.43 bits per heavy atom. The van der Waals surface area contributed by atoms with Crippen LogP contribution in [0.1, 0.15) is 11.1 Å². The first-order chi connectivity index (χ1) is 6.43. The van der Waals surface area contributed by atoms with Gasteiger partial charge in [0.1, 0.15) is 0 Å². The van der Waals surface area contributed by atoms with Gasteiger partial charge >= 0.3 is 0 Å². The van der Waals surface area contributed by atoms with Crippen molar-refractivity contribution in [2.45, 2.75) is 13.8 Å². The SMILES string of the molecule is Cc1cc(NC(N)=S)c(Br)c(C)c1Br. The first-order valence-corrected chi connectivity index (χ1v) is 5.94. The Morgan fingerprint density at radius 1 is 1.36 bits per heavy atom. The van der Waals surface area contributed by atoms with Crippen molar-refractivity contribution in [2.75, 3.05) is 5.32 Å². The summed E-state index contributed by atoms with van der Waals surface area (Å²) in [6.45, 7) is 4.04. The second kappa shape index (κ2) is 4.59. The minimum atomic E-state index is 0.270. The predicted octanol–water partition coefficient (Wildman–Crippen LogP) is 3.48. The second-order valence-corrected chi connectivity index (χ2v) is 5.01. The van der Waals surface area contributed by atoms with Gasteiger partial charge in [-0.25, -0.2) is 0 Å². The molecule has 2 nitrogen and oxygen atoms in total. The third-order valence-electron chi connectivity index (χ3n) is 1.86. The van der Waals surface area contributed by atoms with E-state index in [0.717, 1.165) is 25.8 Å². The molecule has 0 heterocycles. The van der Waals surface area contributed by atoms with Gasteiger partial charge in [0, 0.05) is 8.95 Å². The van der Waals surface area contributed by atoms with E-state index in [1.807, 2.05) is 19.9 Å². The summed E-state index contributed by atoms with van der Waals surface area (Å²) in [5.41, 5.74) is 8.59. The molecule has 0 aliphatic carbocycles. The van der Waals surface area contributed by atoms with Gasteiger partial charge in [-0.15, -0.1) is 0 Å². The zero-order valence-electron chi connectivity index (χ0n) is 7.82. The molecule has 0 unspecified atom stereocenters. The fraction of sp³-hybridized carbons (Fsp3) is 0.222. The molecule has 0 aliphatic rings. The first-order valence-electron chi connectivity index (χ1n) is 3.95. The van der Waals surface area contributed by atoms with Crippen LogP contribution in [0.25, 0.3) is 0 Å². The van der Waals surface area contributed by atoms with Gasteiger partial charge in [0.25, 0.3) is 0 Å². The maximum Gasteiger partial charge on any atom is 0.168 e. The summed E-state index contributed by atoms with van der Waals surface area (Å²) >= 11 is 11.8. The average molecular weight is 338 g/mol. The van der Waals surface area contributed by atoms with Crippen LogP contribution < -0.4 is 11.1 Å². The van der Waals surface area contributed by atoms with Crippen molar-refractivity contribution in [3.05, 3.63) is 26.1 Å². The minimum Gasteiger partial charge on any atom is -0.376 e. The van der Waals surface area contributed by atoms with Crippen LogP contribution in [0.2, 0.25) is 0 Å². The van der Waals surface area contributed by atoms with Crippen LogP contribution in [0.5, 0.6) is 0 Å². The van der Waals surface area contributed by atoms with Gasteiger partial charge < -0.3 is 11.1 Å².